The molecule has 10 nitrogen and oxygen atoms in total. The van der Waals surface area contributed by atoms with Gasteiger partial charge in [0.25, 0.3) is 0 Å². The number of benzene rings is 1. The lowest BCUT2D eigenvalue weighted by Gasteiger charge is -2.42. The molecule has 0 amide bonds. The number of aryl methyl sites for hydroxylation is 2. The Kier molecular flexibility index (Phi) is 7.39. The van der Waals surface area contributed by atoms with Gasteiger partial charge in [0.2, 0.25) is 0 Å². The Morgan fingerprint density at radius 1 is 1.10 bits per heavy atom. The molecule has 5 rings (SSSR count). The Morgan fingerprint density at radius 2 is 1.85 bits per heavy atom. The molecule has 15 heteroatoms. The fourth-order valence-electron chi connectivity index (χ4n) is 4.63. The number of halogens is 5. The van der Waals surface area contributed by atoms with E-state index in [1.807, 2.05) is 0 Å². The number of aliphatic hydroxyl groups excluding tert-OH is 3. The average Bonchev–Trinajstić information content (AvgIpc) is 3.52. The van der Waals surface area contributed by atoms with Crippen LogP contribution >= 0.6 is 11.6 Å². The lowest BCUT2D eigenvalue weighted by Crippen LogP contribution is -2.53. The summed E-state index contributed by atoms with van der Waals surface area (Å²) in [5.74, 6) is -0.642. The van der Waals surface area contributed by atoms with E-state index in [2.05, 4.69) is 20.2 Å². The number of hydrogen-bond acceptors (Lipinski definition) is 8. The molecule has 5 atom stereocenters. The predicted molar refractivity (Wildman–Crippen MR) is 132 cm³/mol. The first-order valence-corrected chi connectivity index (χ1v) is 12.4. The Morgan fingerprint density at radius 3 is 2.52 bits per heavy atom. The summed E-state index contributed by atoms with van der Waals surface area (Å²) < 4.78 is 63.6. The molecule has 0 bridgehead atoms. The van der Waals surface area contributed by atoms with Crippen molar-refractivity contribution < 1.29 is 37.6 Å². The van der Waals surface area contributed by atoms with Crippen LogP contribution in [0.1, 0.15) is 34.9 Å². The average molecular weight is 583 g/mol. The lowest BCUT2D eigenvalue weighted by atomic mass is 9.92. The van der Waals surface area contributed by atoms with E-state index in [9.17, 15) is 32.9 Å². The van der Waals surface area contributed by atoms with Gasteiger partial charge >= 0.3 is 6.18 Å². The van der Waals surface area contributed by atoms with E-state index in [-0.39, 0.29) is 22.4 Å². The molecule has 1 aliphatic heterocycles. The Bertz CT molecular complexity index is 1540. The standard InChI is InChI=1S/C25H23ClF4N6O4/c1-11-7-31-17(6-16(11)27)13-8-32-35(9-13)20-21(38)19(10-37)40-23(22(20)39)24-33-12(2)34-36(24)18-5-14(26)3-4-15(18)25(28,29)30/h3-9,19-23,37-39H,10H2,1-2H3/t19?,20?,21-,22-,23+/m0/s1. The van der Waals surface area contributed by atoms with Crippen LogP contribution in [-0.2, 0) is 10.9 Å². The van der Waals surface area contributed by atoms with E-state index in [0.717, 1.165) is 22.9 Å². The highest BCUT2D eigenvalue weighted by atomic mass is 35.5. The summed E-state index contributed by atoms with van der Waals surface area (Å²) >= 11 is 6.01. The molecule has 4 heterocycles. The van der Waals surface area contributed by atoms with Crippen LogP contribution in [0.15, 0.2) is 42.9 Å². The third-order valence-corrected chi connectivity index (χ3v) is 6.85. The number of aromatic nitrogens is 6. The fourth-order valence-corrected chi connectivity index (χ4v) is 4.80. The topological polar surface area (TPSA) is 131 Å². The van der Waals surface area contributed by atoms with Gasteiger partial charge < -0.3 is 20.1 Å². The Hall–Kier alpha value is -3.43. The quantitative estimate of drug-likeness (QED) is 0.305. The number of hydrogen-bond donors (Lipinski definition) is 3. The fraction of sp³-hybridized carbons (Fsp3) is 0.360. The van der Waals surface area contributed by atoms with Gasteiger partial charge in [-0.05, 0) is 32.0 Å². The minimum absolute atomic E-state index is 0.000954. The normalized spacial score (nSPS) is 23.5. The number of alkyl halides is 3. The zero-order chi connectivity index (χ0) is 28.9. The highest BCUT2D eigenvalue weighted by Gasteiger charge is 2.48. The van der Waals surface area contributed by atoms with E-state index in [4.69, 9.17) is 16.3 Å². The van der Waals surface area contributed by atoms with Crippen molar-refractivity contribution in [2.75, 3.05) is 6.61 Å². The zero-order valence-electron chi connectivity index (χ0n) is 21.0. The summed E-state index contributed by atoms with van der Waals surface area (Å²) in [7, 11) is 0. The summed E-state index contributed by atoms with van der Waals surface area (Å²) in [6.07, 6.45) is -6.54. The van der Waals surface area contributed by atoms with E-state index in [1.165, 1.54) is 36.3 Å². The van der Waals surface area contributed by atoms with Gasteiger partial charge in [-0.2, -0.15) is 23.4 Å². The molecule has 212 valence electrons. The second-order valence-electron chi connectivity index (χ2n) is 9.37. The summed E-state index contributed by atoms with van der Waals surface area (Å²) in [5, 5.41) is 40.6. The summed E-state index contributed by atoms with van der Waals surface area (Å²) in [5.41, 5.74) is -0.555. The second-order valence-corrected chi connectivity index (χ2v) is 9.80. The molecule has 0 saturated carbocycles. The first-order chi connectivity index (χ1) is 18.9. The third-order valence-electron chi connectivity index (χ3n) is 6.62. The number of pyridine rings is 1. The Labute approximate surface area is 229 Å². The summed E-state index contributed by atoms with van der Waals surface area (Å²) in [6.45, 7) is 2.30. The van der Waals surface area contributed by atoms with Crippen LogP contribution in [0.5, 0.6) is 0 Å². The van der Waals surface area contributed by atoms with Gasteiger partial charge in [0.15, 0.2) is 5.82 Å². The van der Waals surface area contributed by atoms with E-state index < -0.39 is 60.3 Å². The van der Waals surface area contributed by atoms with Crippen molar-refractivity contribution in [2.24, 2.45) is 0 Å². The molecule has 1 aromatic carbocycles. The minimum Gasteiger partial charge on any atom is -0.394 e. The van der Waals surface area contributed by atoms with Crippen molar-refractivity contribution in [3.8, 4) is 16.9 Å². The van der Waals surface area contributed by atoms with Crippen molar-refractivity contribution in [1.29, 1.82) is 0 Å². The molecule has 4 aromatic rings. The molecular formula is C25H23ClF4N6O4. The van der Waals surface area contributed by atoms with Gasteiger partial charge in [-0.3, -0.25) is 9.67 Å². The van der Waals surface area contributed by atoms with Crippen molar-refractivity contribution in [3.63, 3.8) is 0 Å². The molecular weight excluding hydrogens is 560 g/mol. The van der Waals surface area contributed by atoms with E-state index in [0.29, 0.717) is 11.1 Å². The predicted octanol–water partition coefficient (Wildman–Crippen LogP) is 3.35. The largest absolute Gasteiger partial charge is 0.418 e. The molecule has 40 heavy (non-hydrogen) atoms. The van der Waals surface area contributed by atoms with Crippen LogP contribution in [0.2, 0.25) is 5.02 Å². The van der Waals surface area contributed by atoms with Crippen molar-refractivity contribution in [1.82, 2.24) is 29.5 Å². The monoisotopic (exact) mass is 582 g/mol. The zero-order valence-corrected chi connectivity index (χ0v) is 21.7. The lowest BCUT2D eigenvalue weighted by molar-refractivity contribution is -0.210. The number of rotatable bonds is 5. The number of ether oxygens (including phenoxy) is 1. The number of nitrogens with zero attached hydrogens (tertiary/aromatic N) is 6. The van der Waals surface area contributed by atoms with Gasteiger partial charge in [-0.25, -0.2) is 14.1 Å². The highest BCUT2D eigenvalue weighted by Crippen LogP contribution is 2.41. The van der Waals surface area contributed by atoms with Crippen LogP contribution in [0.4, 0.5) is 17.6 Å². The van der Waals surface area contributed by atoms with Crippen LogP contribution in [0.25, 0.3) is 16.9 Å². The van der Waals surface area contributed by atoms with Crippen LogP contribution in [0, 0.1) is 19.7 Å². The van der Waals surface area contributed by atoms with Gasteiger partial charge in [-0.1, -0.05) is 11.6 Å². The first-order valence-electron chi connectivity index (χ1n) is 12.0. The van der Waals surface area contributed by atoms with Crippen molar-refractivity contribution >= 4 is 11.6 Å². The first kappa shape index (κ1) is 28.1. The van der Waals surface area contributed by atoms with E-state index >= 15 is 0 Å². The van der Waals surface area contributed by atoms with Gasteiger partial charge in [-0.15, -0.1) is 0 Å². The maximum atomic E-state index is 14.1. The maximum Gasteiger partial charge on any atom is 0.418 e. The molecule has 3 aromatic heterocycles. The minimum atomic E-state index is -4.77. The summed E-state index contributed by atoms with van der Waals surface area (Å²) in [6, 6.07) is 2.89. The third kappa shape index (κ3) is 5.08. The van der Waals surface area contributed by atoms with Crippen LogP contribution < -0.4 is 0 Å². The van der Waals surface area contributed by atoms with Crippen molar-refractivity contribution in [3.05, 3.63) is 76.5 Å². The van der Waals surface area contributed by atoms with Gasteiger partial charge in [0.1, 0.15) is 42.1 Å². The highest BCUT2D eigenvalue weighted by molar-refractivity contribution is 6.30. The smallest absolute Gasteiger partial charge is 0.394 e. The second kappa shape index (κ2) is 10.5. The molecule has 0 aliphatic carbocycles. The SMILES string of the molecule is Cc1nc([C@@H]2OC(CO)[C@H](O)C(n3cc(-c4cc(F)c(C)cn4)cn3)[C@@H]2O)n(-c2cc(Cl)ccc2C(F)(F)F)n1. The van der Waals surface area contributed by atoms with Crippen molar-refractivity contribution in [2.45, 2.75) is 50.5 Å². The molecule has 1 saturated heterocycles. The van der Waals surface area contributed by atoms with Crippen LogP contribution in [0.3, 0.4) is 0 Å². The maximum absolute atomic E-state index is 14.1. The van der Waals surface area contributed by atoms with Gasteiger partial charge in [0, 0.05) is 34.6 Å². The van der Waals surface area contributed by atoms with E-state index in [1.54, 1.807) is 6.92 Å². The molecule has 0 radical (unpaired) electrons. The molecule has 2 unspecified atom stereocenters. The number of aliphatic hydroxyl groups is 3. The molecule has 0 spiro atoms. The molecule has 1 aliphatic rings. The van der Waals surface area contributed by atoms with Crippen LogP contribution in [-0.4, -0.2) is 69.8 Å². The molecule has 1 fully saturated rings. The van der Waals surface area contributed by atoms with Gasteiger partial charge in [0.05, 0.1) is 29.7 Å². The molecule has 3 N–H and O–H groups in total. The Balaban J connectivity index is 1.58. The summed E-state index contributed by atoms with van der Waals surface area (Å²) in [4.78, 5) is 8.39.